The van der Waals surface area contributed by atoms with E-state index in [0.717, 1.165) is 19.7 Å². The number of nitrogens with zero attached hydrogens (tertiary/aromatic N) is 4. The Kier molecular flexibility index (Phi) is 3.51. The first-order chi connectivity index (χ1) is 9.16. The van der Waals surface area contributed by atoms with Crippen molar-refractivity contribution < 1.29 is 9.53 Å². The predicted octanol–water partition coefficient (Wildman–Crippen LogP) is 0.472. The largest absolute Gasteiger partial charge is 0.373 e. The number of carbonyl (C=O) groups excluding carboxylic acids is 1. The van der Waals surface area contributed by atoms with Gasteiger partial charge in [-0.3, -0.25) is 9.69 Å². The molecule has 1 amide bonds. The number of carbonyl (C=O) groups is 1. The van der Waals surface area contributed by atoms with Crippen LogP contribution in [-0.2, 0) is 4.74 Å². The Bertz CT molecular complexity index is 451. The van der Waals surface area contributed by atoms with Crippen molar-refractivity contribution in [3.63, 3.8) is 0 Å². The maximum absolute atomic E-state index is 12.3. The number of hydrogen-bond donors (Lipinski definition) is 0. The Labute approximate surface area is 116 Å². The van der Waals surface area contributed by atoms with Crippen LogP contribution >= 0.6 is 11.5 Å². The highest BCUT2D eigenvalue weighted by Crippen LogP contribution is 2.25. The monoisotopic (exact) mass is 282 g/mol. The summed E-state index contributed by atoms with van der Waals surface area (Å²) < 4.78 is 9.56. The standard InChI is InChI=1S/C12H18N4O2S/c1-8(2)16-3-4-18-11-6-15(5-10(11)16)12(17)9-7-19-14-13-9/h7-8,10-11H,3-6H2,1-2H3. The normalized spacial score (nSPS) is 27.8. The van der Waals surface area contributed by atoms with Crippen LogP contribution in [0.5, 0.6) is 0 Å². The molecule has 2 fully saturated rings. The number of rotatable bonds is 2. The van der Waals surface area contributed by atoms with Crippen LogP contribution in [-0.4, -0.2) is 69.7 Å². The third kappa shape index (κ3) is 2.37. The number of hydrogen-bond acceptors (Lipinski definition) is 6. The first-order valence-corrected chi connectivity index (χ1v) is 7.44. The molecule has 2 aliphatic rings. The average molecular weight is 282 g/mol. The smallest absolute Gasteiger partial charge is 0.275 e. The molecule has 0 N–H and O–H groups in total. The van der Waals surface area contributed by atoms with Crippen LogP contribution < -0.4 is 0 Å². The van der Waals surface area contributed by atoms with E-state index >= 15 is 0 Å². The van der Waals surface area contributed by atoms with Crippen molar-refractivity contribution in [3.05, 3.63) is 11.1 Å². The molecule has 104 valence electrons. The van der Waals surface area contributed by atoms with Gasteiger partial charge in [0.25, 0.3) is 5.91 Å². The van der Waals surface area contributed by atoms with E-state index in [1.165, 1.54) is 11.5 Å². The van der Waals surface area contributed by atoms with E-state index in [9.17, 15) is 4.79 Å². The number of fused-ring (bicyclic) bond motifs is 1. The van der Waals surface area contributed by atoms with Crippen molar-refractivity contribution in [2.45, 2.75) is 32.0 Å². The Balaban J connectivity index is 1.73. The summed E-state index contributed by atoms with van der Waals surface area (Å²) in [5.41, 5.74) is 0.444. The van der Waals surface area contributed by atoms with Crippen molar-refractivity contribution in [1.82, 2.24) is 19.4 Å². The van der Waals surface area contributed by atoms with Crippen LogP contribution in [0.1, 0.15) is 24.3 Å². The SMILES string of the molecule is CC(C)N1CCOC2CN(C(=O)c3csnn3)CC21. The van der Waals surface area contributed by atoms with Gasteiger partial charge in [0.15, 0.2) is 5.69 Å². The molecule has 2 unspecified atom stereocenters. The molecule has 0 bridgehead atoms. The van der Waals surface area contributed by atoms with E-state index in [1.807, 2.05) is 4.90 Å². The molecule has 2 aliphatic heterocycles. The van der Waals surface area contributed by atoms with Gasteiger partial charge >= 0.3 is 0 Å². The highest BCUT2D eigenvalue weighted by molar-refractivity contribution is 7.03. The molecule has 2 atom stereocenters. The third-order valence-corrected chi connectivity index (χ3v) is 4.38. The van der Waals surface area contributed by atoms with Crippen LogP contribution in [0, 0.1) is 0 Å². The van der Waals surface area contributed by atoms with E-state index < -0.39 is 0 Å². The summed E-state index contributed by atoms with van der Waals surface area (Å²) in [6.45, 7) is 7.45. The maximum atomic E-state index is 12.3. The molecule has 0 spiro atoms. The molecule has 3 rings (SSSR count). The summed E-state index contributed by atoms with van der Waals surface area (Å²) in [5.74, 6) is -0.0320. The van der Waals surface area contributed by atoms with Crippen LogP contribution in [0.3, 0.4) is 0 Å². The highest BCUT2D eigenvalue weighted by Gasteiger charge is 2.42. The van der Waals surface area contributed by atoms with Gasteiger partial charge in [-0.25, -0.2) is 0 Å². The lowest BCUT2D eigenvalue weighted by molar-refractivity contribution is -0.0582. The second kappa shape index (κ2) is 5.15. The zero-order chi connectivity index (χ0) is 13.4. The molecule has 0 aliphatic carbocycles. The summed E-state index contributed by atoms with van der Waals surface area (Å²) in [6.07, 6.45) is 0.131. The minimum Gasteiger partial charge on any atom is -0.373 e. The Morgan fingerprint density at radius 1 is 1.53 bits per heavy atom. The molecule has 3 heterocycles. The lowest BCUT2D eigenvalue weighted by Gasteiger charge is -2.39. The van der Waals surface area contributed by atoms with Crippen molar-refractivity contribution in [1.29, 1.82) is 0 Å². The number of aromatic nitrogens is 2. The zero-order valence-corrected chi connectivity index (χ0v) is 12.0. The number of likely N-dealkylation sites (tertiary alicyclic amines) is 1. The van der Waals surface area contributed by atoms with Gasteiger partial charge in [0.05, 0.1) is 18.8 Å². The zero-order valence-electron chi connectivity index (χ0n) is 11.2. The number of morpholine rings is 1. The minimum atomic E-state index is -0.0320. The summed E-state index contributed by atoms with van der Waals surface area (Å²) in [6, 6.07) is 0.789. The second-order valence-electron chi connectivity index (χ2n) is 5.31. The molecule has 19 heavy (non-hydrogen) atoms. The fourth-order valence-electron chi connectivity index (χ4n) is 2.94. The van der Waals surface area contributed by atoms with E-state index in [-0.39, 0.29) is 12.0 Å². The van der Waals surface area contributed by atoms with Crippen molar-refractivity contribution in [3.8, 4) is 0 Å². The van der Waals surface area contributed by atoms with Gasteiger partial charge in [-0.15, -0.1) is 5.10 Å². The van der Waals surface area contributed by atoms with Crippen molar-refractivity contribution in [2.75, 3.05) is 26.2 Å². The first-order valence-electron chi connectivity index (χ1n) is 6.60. The highest BCUT2D eigenvalue weighted by atomic mass is 32.1. The molecule has 0 radical (unpaired) electrons. The Morgan fingerprint density at radius 2 is 2.37 bits per heavy atom. The molecule has 7 heteroatoms. The summed E-state index contributed by atoms with van der Waals surface area (Å²) in [7, 11) is 0. The van der Waals surface area contributed by atoms with Gasteiger partial charge in [-0.05, 0) is 25.4 Å². The van der Waals surface area contributed by atoms with Gasteiger partial charge in [-0.1, -0.05) is 4.49 Å². The molecule has 1 aromatic heterocycles. The van der Waals surface area contributed by atoms with Crippen molar-refractivity contribution in [2.24, 2.45) is 0 Å². The van der Waals surface area contributed by atoms with E-state index in [1.54, 1.807) is 5.38 Å². The minimum absolute atomic E-state index is 0.0320. The van der Waals surface area contributed by atoms with Crippen LogP contribution in [0.4, 0.5) is 0 Å². The fraction of sp³-hybridized carbons (Fsp3) is 0.750. The van der Waals surface area contributed by atoms with E-state index in [2.05, 4.69) is 28.3 Å². The number of ether oxygens (including phenoxy) is 1. The van der Waals surface area contributed by atoms with Gasteiger partial charge in [0.1, 0.15) is 0 Å². The average Bonchev–Trinajstić information content (AvgIpc) is 3.06. The summed E-state index contributed by atoms with van der Waals surface area (Å²) in [4.78, 5) is 16.6. The first kappa shape index (κ1) is 13.0. The van der Waals surface area contributed by atoms with Crippen molar-refractivity contribution >= 4 is 17.4 Å². The van der Waals surface area contributed by atoms with Gasteiger partial charge in [0.2, 0.25) is 0 Å². The van der Waals surface area contributed by atoms with Gasteiger partial charge in [-0.2, -0.15) is 0 Å². The molecular formula is C12H18N4O2S. The summed E-state index contributed by atoms with van der Waals surface area (Å²) >= 11 is 1.21. The number of amides is 1. The van der Waals surface area contributed by atoms with E-state index in [0.29, 0.717) is 24.3 Å². The molecule has 2 saturated heterocycles. The molecule has 0 saturated carbocycles. The van der Waals surface area contributed by atoms with Gasteiger partial charge < -0.3 is 9.64 Å². The lowest BCUT2D eigenvalue weighted by atomic mass is 10.1. The molecule has 6 nitrogen and oxygen atoms in total. The quantitative estimate of drug-likeness (QED) is 0.789. The van der Waals surface area contributed by atoms with Crippen LogP contribution in [0.25, 0.3) is 0 Å². The van der Waals surface area contributed by atoms with E-state index in [4.69, 9.17) is 4.74 Å². The lowest BCUT2D eigenvalue weighted by Crippen LogP contribution is -2.53. The van der Waals surface area contributed by atoms with Crippen LogP contribution in [0.15, 0.2) is 5.38 Å². The maximum Gasteiger partial charge on any atom is 0.275 e. The second-order valence-corrected chi connectivity index (χ2v) is 5.92. The molecular weight excluding hydrogens is 264 g/mol. The summed E-state index contributed by atoms with van der Waals surface area (Å²) in [5, 5.41) is 5.55. The van der Waals surface area contributed by atoms with Gasteiger partial charge in [0, 0.05) is 31.1 Å². The predicted molar refractivity (Wildman–Crippen MR) is 71.2 cm³/mol. The molecule has 1 aromatic rings. The third-order valence-electron chi connectivity index (χ3n) is 3.87. The fourth-order valence-corrected chi connectivity index (χ4v) is 3.37. The molecule has 0 aromatic carbocycles. The Hall–Kier alpha value is -1.05. The Morgan fingerprint density at radius 3 is 3.05 bits per heavy atom. The topological polar surface area (TPSA) is 58.6 Å². The van der Waals surface area contributed by atoms with Crippen LogP contribution in [0.2, 0.25) is 0 Å².